The highest BCUT2D eigenvalue weighted by Gasteiger charge is 2.22. The summed E-state index contributed by atoms with van der Waals surface area (Å²) in [4.78, 5) is 38.2. The van der Waals surface area contributed by atoms with Gasteiger partial charge in [0.15, 0.2) is 6.10 Å². The Morgan fingerprint density at radius 1 is 0.333 bits per heavy atom. The van der Waals surface area contributed by atoms with Gasteiger partial charge in [-0.15, -0.1) is 0 Å². The second kappa shape index (κ2) is 76.4. The van der Waals surface area contributed by atoms with Gasteiger partial charge in [0.1, 0.15) is 19.8 Å². The lowest BCUT2D eigenvalue weighted by Gasteiger charge is -2.28. The summed E-state index contributed by atoms with van der Waals surface area (Å²) in [7, 11) is 1.18. The van der Waals surface area contributed by atoms with Gasteiger partial charge in [0, 0.05) is 12.8 Å². The van der Waals surface area contributed by atoms with Gasteiger partial charge in [-0.05, 0) is 89.9 Å². The fourth-order valence-electron chi connectivity index (χ4n) is 12.1. The summed E-state index contributed by atoms with van der Waals surface area (Å²) >= 11 is 0. The van der Waals surface area contributed by atoms with Crippen molar-refractivity contribution in [3.05, 3.63) is 85.1 Å². The van der Waals surface area contributed by atoms with E-state index in [2.05, 4.69) is 98.9 Å². The maximum atomic E-state index is 12.9. The Kier molecular flexibility index (Phi) is 74.1. The molecule has 10 heteroatoms. The van der Waals surface area contributed by atoms with Crippen molar-refractivity contribution in [3.63, 3.8) is 0 Å². The highest BCUT2D eigenvalue weighted by atomic mass is 31.2. The Balaban J connectivity index is 3.91. The van der Waals surface area contributed by atoms with E-state index in [1.165, 1.54) is 289 Å². The van der Waals surface area contributed by atoms with E-state index in [1.807, 2.05) is 21.1 Å². The van der Waals surface area contributed by atoms with Crippen molar-refractivity contribution >= 4 is 19.8 Å². The SMILES string of the molecule is CC/C=C\C/C=C\C/C=C\C/C=C\C/C=C\C/C=C\CCCCCCCCCCCCCCCCCCCCCCC(=O)OC(COC(=O)CCCCCCCCCCCCCCCCCCCCCCC/C=C\CCCCCCCCCC)COP(=O)([O-])OCC[N+](C)(C)C. The third-order valence-corrected chi connectivity index (χ3v) is 19.4. The molecule has 0 aromatic heterocycles. The lowest BCUT2D eigenvalue weighted by molar-refractivity contribution is -0.870. The average Bonchev–Trinajstić information content (AvgIpc) is 1.98. The van der Waals surface area contributed by atoms with Gasteiger partial charge >= 0.3 is 11.9 Å². The predicted molar refractivity (Wildman–Crippen MR) is 416 cm³/mol. The molecular formula is C86H158NO8P. The molecule has 2 atom stereocenters. The van der Waals surface area contributed by atoms with E-state index < -0.39 is 26.5 Å². The summed E-state index contributed by atoms with van der Waals surface area (Å²) in [5.41, 5.74) is 0. The first-order valence-electron chi connectivity index (χ1n) is 41.3. The number of allylic oxidation sites excluding steroid dienone is 14. The number of carbonyl (C=O) groups is 2. The molecule has 0 saturated heterocycles. The summed E-state index contributed by atoms with van der Waals surface area (Å²) in [6, 6.07) is 0. The van der Waals surface area contributed by atoms with Gasteiger partial charge < -0.3 is 27.9 Å². The van der Waals surface area contributed by atoms with Gasteiger partial charge in [0.05, 0.1) is 27.7 Å². The number of likely N-dealkylation sites (N-methyl/N-ethyl adjacent to an activating group) is 1. The standard InChI is InChI=1S/C86H158NO8P/c1-6-8-10-12-14-16-18-20-22-24-26-28-30-32-34-36-38-40-41-42-43-44-45-47-49-51-53-55-57-59-61-63-65-67-69-71-73-75-77-79-86(89)95-84(83-94-96(90,91)93-81-80-87(3,4)5)82-92-85(88)78-76-74-72-70-68-66-64-62-60-58-56-54-52-50-48-46-39-37-35-33-31-29-27-25-23-21-19-17-15-13-11-9-7-2/h8,10,14,16,20,22,25-28,32,34,38,40,84H,6-7,9,11-13,15,17-19,21,23-24,29-31,33,35-37,39,41-83H2,1-5H3/b10-8-,16-14-,22-20-,27-25-,28-26-,34-32-,40-38-. The molecule has 0 aromatic rings. The zero-order valence-electron chi connectivity index (χ0n) is 64.1. The van der Waals surface area contributed by atoms with Crippen molar-refractivity contribution in [2.75, 3.05) is 47.5 Å². The molecule has 0 aliphatic carbocycles. The predicted octanol–water partition coefficient (Wildman–Crippen LogP) is 27.0. The molecule has 0 spiro atoms. The number of carbonyl (C=O) groups excluding carboxylic acids is 2. The Hall–Kier alpha value is -2.81. The van der Waals surface area contributed by atoms with Gasteiger partial charge in [-0.25, -0.2) is 0 Å². The van der Waals surface area contributed by atoms with Crippen LogP contribution in [0.25, 0.3) is 0 Å². The summed E-state index contributed by atoms with van der Waals surface area (Å²) in [5, 5.41) is 0. The van der Waals surface area contributed by atoms with Crippen molar-refractivity contribution in [3.8, 4) is 0 Å². The summed E-state index contributed by atoms with van der Waals surface area (Å²) in [6.45, 7) is 4.19. The molecule has 0 N–H and O–H groups in total. The third kappa shape index (κ3) is 80.2. The fourth-order valence-corrected chi connectivity index (χ4v) is 12.9. The maximum Gasteiger partial charge on any atom is 0.306 e. The minimum absolute atomic E-state index is 0.0296. The molecule has 0 rings (SSSR count). The van der Waals surface area contributed by atoms with Crippen LogP contribution in [0.4, 0.5) is 0 Å². The zero-order chi connectivity index (χ0) is 69.7. The van der Waals surface area contributed by atoms with E-state index in [1.54, 1.807) is 0 Å². The Morgan fingerprint density at radius 3 is 0.896 bits per heavy atom. The number of quaternary nitrogens is 1. The largest absolute Gasteiger partial charge is 0.756 e. The highest BCUT2D eigenvalue weighted by Crippen LogP contribution is 2.38. The number of unbranched alkanes of at least 4 members (excludes halogenated alkanes) is 49. The van der Waals surface area contributed by atoms with E-state index in [0.29, 0.717) is 17.4 Å². The normalized spacial score (nSPS) is 13.4. The van der Waals surface area contributed by atoms with Crippen LogP contribution in [-0.4, -0.2) is 70.0 Å². The first kappa shape index (κ1) is 93.2. The molecule has 0 radical (unpaired) electrons. The average molecular weight is 1370 g/mol. The number of hydrogen-bond donors (Lipinski definition) is 0. The number of rotatable bonds is 77. The minimum Gasteiger partial charge on any atom is -0.756 e. The van der Waals surface area contributed by atoms with Gasteiger partial charge in [-0.2, -0.15) is 0 Å². The van der Waals surface area contributed by atoms with Crippen LogP contribution in [0, 0.1) is 0 Å². The van der Waals surface area contributed by atoms with Gasteiger partial charge in [0.2, 0.25) is 0 Å². The second-order valence-corrected chi connectivity index (χ2v) is 30.5. The summed E-state index contributed by atoms with van der Waals surface area (Å²) < 4.78 is 34.4. The number of hydrogen-bond acceptors (Lipinski definition) is 8. The molecule has 0 saturated carbocycles. The Bertz CT molecular complexity index is 1900. The van der Waals surface area contributed by atoms with Crippen LogP contribution in [0.5, 0.6) is 0 Å². The van der Waals surface area contributed by atoms with Crippen LogP contribution < -0.4 is 4.89 Å². The van der Waals surface area contributed by atoms with E-state index in [0.717, 1.165) is 77.0 Å². The quantitative estimate of drug-likeness (QED) is 0.0195. The van der Waals surface area contributed by atoms with Crippen LogP contribution >= 0.6 is 7.82 Å². The first-order valence-corrected chi connectivity index (χ1v) is 42.8. The molecule has 0 fully saturated rings. The van der Waals surface area contributed by atoms with E-state index in [4.69, 9.17) is 18.5 Å². The molecule has 0 aliphatic rings. The molecule has 0 bridgehead atoms. The zero-order valence-corrected chi connectivity index (χ0v) is 65.0. The number of phosphoric ester groups is 1. The van der Waals surface area contributed by atoms with Crippen LogP contribution in [0.2, 0.25) is 0 Å². The first-order chi connectivity index (χ1) is 47.0. The van der Waals surface area contributed by atoms with Crippen molar-refractivity contribution in [1.29, 1.82) is 0 Å². The van der Waals surface area contributed by atoms with Crippen LogP contribution in [0.3, 0.4) is 0 Å². The topological polar surface area (TPSA) is 111 Å². The molecular weight excluding hydrogens is 1210 g/mol. The molecule has 96 heavy (non-hydrogen) atoms. The van der Waals surface area contributed by atoms with Gasteiger partial charge in [-0.1, -0.05) is 381 Å². The minimum atomic E-state index is -4.65. The molecule has 0 amide bonds. The second-order valence-electron chi connectivity index (χ2n) is 29.1. The molecule has 9 nitrogen and oxygen atoms in total. The number of ether oxygens (including phenoxy) is 2. The van der Waals surface area contributed by atoms with Gasteiger partial charge in [0.25, 0.3) is 7.82 Å². The van der Waals surface area contributed by atoms with Crippen molar-refractivity contribution in [1.82, 2.24) is 0 Å². The van der Waals surface area contributed by atoms with Crippen LogP contribution in [-0.2, 0) is 32.7 Å². The maximum absolute atomic E-state index is 12.9. The van der Waals surface area contributed by atoms with Crippen LogP contribution in [0.1, 0.15) is 399 Å². The monoisotopic (exact) mass is 1360 g/mol. The number of esters is 2. The fraction of sp³-hybridized carbons (Fsp3) is 0.814. The van der Waals surface area contributed by atoms with Crippen LogP contribution in [0.15, 0.2) is 85.1 Å². The Morgan fingerprint density at radius 2 is 0.594 bits per heavy atom. The van der Waals surface area contributed by atoms with E-state index in [9.17, 15) is 19.0 Å². The van der Waals surface area contributed by atoms with Crippen molar-refractivity contribution < 1.29 is 42.1 Å². The molecule has 0 heterocycles. The van der Waals surface area contributed by atoms with Crippen molar-refractivity contribution in [2.45, 2.75) is 405 Å². The molecule has 560 valence electrons. The van der Waals surface area contributed by atoms with E-state index in [-0.39, 0.29) is 32.0 Å². The molecule has 0 aromatic carbocycles. The lowest BCUT2D eigenvalue weighted by Crippen LogP contribution is -2.37. The number of nitrogens with zero attached hydrogens (tertiary/aromatic N) is 1. The Labute approximate surface area is 596 Å². The smallest absolute Gasteiger partial charge is 0.306 e. The van der Waals surface area contributed by atoms with Gasteiger partial charge in [-0.3, -0.25) is 14.2 Å². The highest BCUT2D eigenvalue weighted by molar-refractivity contribution is 7.45. The van der Waals surface area contributed by atoms with E-state index >= 15 is 0 Å². The molecule has 0 aliphatic heterocycles. The number of phosphoric acid groups is 1. The third-order valence-electron chi connectivity index (χ3n) is 18.4. The lowest BCUT2D eigenvalue weighted by atomic mass is 10.0. The molecule has 2 unspecified atom stereocenters. The summed E-state index contributed by atoms with van der Waals surface area (Å²) in [5.74, 6) is -0.812. The summed E-state index contributed by atoms with van der Waals surface area (Å²) in [6.07, 6.45) is 106. The van der Waals surface area contributed by atoms with Crippen molar-refractivity contribution in [2.24, 2.45) is 0 Å².